The van der Waals surface area contributed by atoms with Gasteiger partial charge < -0.3 is 10.6 Å². The van der Waals surface area contributed by atoms with Crippen molar-refractivity contribution in [3.8, 4) is 0 Å². The first-order chi connectivity index (χ1) is 9.10. The van der Waals surface area contributed by atoms with E-state index < -0.39 is 4.92 Å². The molecule has 100 valence electrons. The molecule has 8 nitrogen and oxygen atoms in total. The first-order valence-electron chi connectivity index (χ1n) is 5.64. The van der Waals surface area contributed by atoms with Gasteiger partial charge in [0.1, 0.15) is 5.82 Å². The highest BCUT2D eigenvalue weighted by atomic mass is 16.6. The van der Waals surface area contributed by atoms with E-state index in [1.54, 1.807) is 24.0 Å². The molecule has 2 aromatic heterocycles. The SMILES string of the molecule is CNc1ccc([N+](=O)[O-])c(NCc2cnn(C)c2)n1. The Bertz CT molecular complexity index is 595. The zero-order valence-electron chi connectivity index (χ0n) is 10.6. The Kier molecular flexibility index (Phi) is 3.60. The maximum Gasteiger partial charge on any atom is 0.311 e. The lowest BCUT2D eigenvalue weighted by atomic mass is 10.3. The van der Waals surface area contributed by atoms with E-state index in [-0.39, 0.29) is 11.5 Å². The zero-order chi connectivity index (χ0) is 13.8. The topological polar surface area (TPSA) is 97.9 Å². The molecule has 0 radical (unpaired) electrons. The Morgan fingerprint density at radius 3 is 2.84 bits per heavy atom. The third-order valence-electron chi connectivity index (χ3n) is 2.55. The van der Waals surface area contributed by atoms with Crippen molar-refractivity contribution in [2.45, 2.75) is 6.54 Å². The average Bonchev–Trinajstić information content (AvgIpc) is 2.81. The number of hydrogen-bond donors (Lipinski definition) is 2. The summed E-state index contributed by atoms with van der Waals surface area (Å²) in [5, 5.41) is 20.8. The van der Waals surface area contributed by atoms with E-state index in [1.165, 1.54) is 6.07 Å². The van der Waals surface area contributed by atoms with Gasteiger partial charge in [0, 0.05) is 38.5 Å². The van der Waals surface area contributed by atoms with Crippen LogP contribution in [0, 0.1) is 10.1 Å². The van der Waals surface area contributed by atoms with Gasteiger partial charge in [-0.1, -0.05) is 0 Å². The molecule has 2 aromatic rings. The lowest BCUT2D eigenvalue weighted by Crippen LogP contribution is -2.06. The lowest BCUT2D eigenvalue weighted by molar-refractivity contribution is -0.384. The van der Waals surface area contributed by atoms with E-state index in [0.717, 1.165) is 5.56 Å². The molecule has 0 aliphatic rings. The molecule has 2 heterocycles. The molecular weight excluding hydrogens is 248 g/mol. The Balaban J connectivity index is 2.19. The van der Waals surface area contributed by atoms with Gasteiger partial charge in [-0.2, -0.15) is 5.10 Å². The lowest BCUT2D eigenvalue weighted by Gasteiger charge is -2.06. The number of pyridine rings is 1. The van der Waals surface area contributed by atoms with E-state index in [1.807, 2.05) is 13.2 Å². The van der Waals surface area contributed by atoms with Gasteiger partial charge in [0.25, 0.3) is 0 Å². The normalized spacial score (nSPS) is 10.2. The van der Waals surface area contributed by atoms with Crippen LogP contribution in [0.15, 0.2) is 24.5 Å². The Morgan fingerprint density at radius 2 is 2.26 bits per heavy atom. The summed E-state index contributed by atoms with van der Waals surface area (Å²) in [5.41, 5.74) is 0.872. The van der Waals surface area contributed by atoms with Crippen molar-refractivity contribution in [1.29, 1.82) is 0 Å². The molecule has 2 rings (SSSR count). The van der Waals surface area contributed by atoms with E-state index in [2.05, 4.69) is 20.7 Å². The van der Waals surface area contributed by atoms with Crippen LogP contribution >= 0.6 is 0 Å². The molecular formula is C11H14N6O2. The quantitative estimate of drug-likeness (QED) is 0.624. The maximum absolute atomic E-state index is 10.9. The van der Waals surface area contributed by atoms with Gasteiger partial charge in [-0.15, -0.1) is 0 Å². The first-order valence-corrected chi connectivity index (χ1v) is 5.64. The molecule has 19 heavy (non-hydrogen) atoms. The number of nitrogens with zero attached hydrogens (tertiary/aromatic N) is 4. The van der Waals surface area contributed by atoms with Crippen LogP contribution in [0.1, 0.15) is 5.56 Å². The fourth-order valence-corrected chi connectivity index (χ4v) is 1.62. The second-order valence-electron chi connectivity index (χ2n) is 3.95. The largest absolute Gasteiger partial charge is 0.373 e. The molecule has 0 unspecified atom stereocenters. The molecule has 0 saturated carbocycles. The molecule has 8 heteroatoms. The van der Waals surface area contributed by atoms with Gasteiger partial charge >= 0.3 is 5.69 Å². The fraction of sp³-hybridized carbons (Fsp3) is 0.273. The summed E-state index contributed by atoms with van der Waals surface area (Å²) in [4.78, 5) is 14.6. The van der Waals surface area contributed by atoms with Crippen LogP contribution in [0.3, 0.4) is 0 Å². The number of aromatic nitrogens is 3. The minimum atomic E-state index is -0.460. The van der Waals surface area contributed by atoms with E-state index in [9.17, 15) is 10.1 Å². The summed E-state index contributed by atoms with van der Waals surface area (Å²) in [6, 6.07) is 2.98. The number of rotatable bonds is 5. The van der Waals surface area contributed by atoms with Gasteiger partial charge in [0.2, 0.25) is 5.82 Å². The number of hydrogen-bond acceptors (Lipinski definition) is 6. The van der Waals surface area contributed by atoms with Crippen molar-refractivity contribution in [1.82, 2.24) is 14.8 Å². The molecule has 0 saturated heterocycles. The molecule has 0 spiro atoms. The van der Waals surface area contributed by atoms with Gasteiger partial charge in [-0.3, -0.25) is 14.8 Å². The molecule has 0 fully saturated rings. The zero-order valence-corrected chi connectivity index (χ0v) is 10.6. The number of aryl methyl sites for hydroxylation is 1. The fourth-order valence-electron chi connectivity index (χ4n) is 1.62. The standard InChI is InChI=1S/C11H14N6O2/c1-12-10-4-3-9(17(18)19)11(15-10)13-5-8-6-14-16(2)7-8/h3-4,6-7H,5H2,1-2H3,(H2,12,13,15). The monoisotopic (exact) mass is 262 g/mol. The van der Waals surface area contributed by atoms with Crippen molar-refractivity contribution in [2.75, 3.05) is 17.7 Å². The smallest absolute Gasteiger partial charge is 0.311 e. The number of nitro groups is 1. The number of anilines is 2. The summed E-state index contributed by atoms with van der Waals surface area (Å²) in [5.74, 6) is 0.806. The van der Waals surface area contributed by atoms with Crippen LogP contribution in [0.5, 0.6) is 0 Å². The molecule has 0 aliphatic carbocycles. The summed E-state index contributed by atoms with van der Waals surface area (Å²) in [7, 11) is 3.52. The van der Waals surface area contributed by atoms with Crippen LogP contribution in [0.2, 0.25) is 0 Å². The Labute approximate surface area is 109 Å². The predicted octanol–water partition coefficient (Wildman–Crippen LogP) is 1.38. The van der Waals surface area contributed by atoms with Crippen molar-refractivity contribution >= 4 is 17.3 Å². The van der Waals surface area contributed by atoms with Crippen LogP contribution in [0.25, 0.3) is 0 Å². The van der Waals surface area contributed by atoms with E-state index in [0.29, 0.717) is 12.4 Å². The highest BCUT2D eigenvalue weighted by molar-refractivity contribution is 5.60. The van der Waals surface area contributed by atoms with Gasteiger partial charge in [-0.05, 0) is 6.07 Å². The van der Waals surface area contributed by atoms with Crippen molar-refractivity contribution in [3.05, 3.63) is 40.2 Å². The van der Waals surface area contributed by atoms with E-state index in [4.69, 9.17) is 0 Å². The Hall–Kier alpha value is -2.64. The molecule has 0 atom stereocenters. The van der Waals surface area contributed by atoms with Gasteiger partial charge in [-0.25, -0.2) is 4.98 Å². The molecule has 2 N–H and O–H groups in total. The van der Waals surface area contributed by atoms with Crippen LogP contribution < -0.4 is 10.6 Å². The summed E-state index contributed by atoms with van der Waals surface area (Å²) in [6.07, 6.45) is 3.53. The van der Waals surface area contributed by atoms with Crippen LogP contribution in [-0.2, 0) is 13.6 Å². The van der Waals surface area contributed by atoms with Crippen LogP contribution in [0.4, 0.5) is 17.3 Å². The minimum absolute atomic E-state index is 0.0529. The molecule has 0 aliphatic heterocycles. The summed E-state index contributed by atoms with van der Waals surface area (Å²) in [6.45, 7) is 0.425. The highest BCUT2D eigenvalue weighted by Crippen LogP contribution is 2.24. The highest BCUT2D eigenvalue weighted by Gasteiger charge is 2.15. The van der Waals surface area contributed by atoms with Crippen LogP contribution in [-0.4, -0.2) is 26.7 Å². The van der Waals surface area contributed by atoms with Gasteiger partial charge in [0.15, 0.2) is 0 Å². The third kappa shape index (κ3) is 2.97. The maximum atomic E-state index is 10.9. The molecule has 0 bridgehead atoms. The van der Waals surface area contributed by atoms with Crippen molar-refractivity contribution in [2.24, 2.45) is 7.05 Å². The average molecular weight is 262 g/mol. The second-order valence-corrected chi connectivity index (χ2v) is 3.95. The summed E-state index contributed by atoms with van der Waals surface area (Å²) < 4.78 is 1.67. The molecule has 0 aromatic carbocycles. The molecule has 0 amide bonds. The van der Waals surface area contributed by atoms with Gasteiger partial charge in [0.05, 0.1) is 11.1 Å². The third-order valence-corrected chi connectivity index (χ3v) is 2.55. The second kappa shape index (κ2) is 5.34. The number of nitrogens with one attached hydrogen (secondary N) is 2. The van der Waals surface area contributed by atoms with Crippen molar-refractivity contribution < 1.29 is 4.92 Å². The predicted molar refractivity (Wildman–Crippen MR) is 71.0 cm³/mol. The first kappa shape index (κ1) is 12.8. The summed E-state index contributed by atoms with van der Waals surface area (Å²) >= 11 is 0. The van der Waals surface area contributed by atoms with E-state index >= 15 is 0 Å². The minimum Gasteiger partial charge on any atom is -0.373 e. The van der Waals surface area contributed by atoms with Crippen molar-refractivity contribution in [3.63, 3.8) is 0 Å². The Morgan fingerprint density at radius 1 is 1.47 bits per heavy atom.